The maximum Gasteiger partial charge on any atom is 0.125 e. The molecule has 1 heterocycles. The summed E-state index contributed by atoms with van der Waals surface area (Å²) < 4.78 is 0. The molecule has 3 N–H and O–H groups in total. The standard InChI is InChI=1S/C7H11N3.ClH/c8-4-6-10-7-3-1-2-5-9-7;/h1-3,5H,4,6,8H2,(H,9,10);1H. The van der Waals surface area contributed by atoms with Gasteiger partial charge in [0.1, 0.15) is 5.82 Å². The molecule has 0 saturated heterocycles. The van der Waals surface area contributed by atoms with Gasteiger partial charge in [0.05, 0.1) is 0 Å². The van der Waals surface area contributed by atoms with Crippen molar-refractivity contribution in [2.24, 2.45) is 5.73 Å². The summed E-state index contributed by atoms with van der Waals surface area (Å²) in [5, 5.41) is 3.06. The highest BCUT2D eigenvalue weighted by Crippen LogP contribution is 1.97. The Bertz CT molecular complexity index is 178. The van der Waals surface area contributed by atoms with Crippen LogP contribution >= 0.6 is 12.4 Å². The lowest BCUT2D eigenvalue weighted by Crippen LogP contribution is -2.13. The molecule has 62 valence electrons. The van der Waals surface area contributed by atoms with E-state index in [1.54, 1.807) is 6.20 Å². The maximum absolute atomic E-state index is 5.29. The monoisotopic (exact) mass is 173 g/mol. The Labute approximate surface area is 72.4 Å². The second kappa shape index (κ2) is 5.95. The van der Waals surface area contributed by atoms with E-state index < -0.39 is 0 Å². The summed E-state index contributed by atoms with van der Waals surface area (Å²) in [5.74, 6) is 0.882. The zero-order valence-electron chi connectivity index (χ0n) is 6.16. The molecule has 0 atom stereocenters. The van der Waals surface area contributed by atoms with Crippen molar-refractivity contribution in [3.63, 3.8) is 0 Å². The zero-order chi connectivity index (χ0) is 7.23. The van der Waals surface area contributed by atoms with Crippen molar-refractivity contribution < 1.29 is 0 Å². The van der Waals surface area contributed by atoms with Gasteiger partial charge in [0.25, 0.3) is 0 Å². The highest BCUT2D eigenvalue weighted by atomic mass is 35.5. The molecule has 1 aromatic heterocycles. The maximum atomic E-state index is 5.29. The molecule has 0 aliphatic carbocycles. The summed E-state index contributed by atoms with van der Waals surface area (Å²) in [5.41, 5.74) is 5.29. The summed E-state index contributed by atoms with van der Waals surface area (Å²) >= 11 is 0. The summed E-state index contributed by atoms with van der Waals surface area (Å²) in [4.78, 5) is 4.05. The molecule has 0 aliphatic rings. The minimum atomic E-state index is 0. The van der Waals surface area contributed by atoms with E-state index in [1.165, 1.54) is 0 Å². The molecule has 0 bridgehead atoms. The molecule has 0 unspecified atom stereocenters. The van der Waals surface area contributed by atoms with Crippen molar-refractivity contribution in [3.05, 3.63) is 24.4 Å². The van der Waals surface area contributed by atoms with Gasteiger partial charge in [-0.15, -0.1) is 12.4 Å². The summed E-state index contributed by atoms with van der Waals surface area (Å²) in [6.07, 6.45) is 1.75. The van der Waals surface area contributed by atoms with E-state index in [2.05, 4.69) is 10.3 Å². The quantitative estimate of drug-likeness (QED) is 0.714. The summed E-state index contributed by atoms with van der Waals surface area (Å²) in [7, 11) is 0. The average molecular weight is 174 g/mol. The van der Waals surface area contributed by atoms with Crippen LogP contribution in [0, 0.1) is 0 Å². The van der Waals surface area contributed by atoms with Crippen molar-refractivity contribution in [1.82, 2.24) is 4.98 Å². The molecule has 4 heteroatoms. The fourth-order valence-electron chi connectivity index (χ4n) is 0.668. The first kappa shape index (κ1) is 10.2. The van der Waals surface area contributed by atoms with Gasteiger partial charge in [0.15, 0.2) is 0 Å². The molecule has 0 radical (unpaired) electrons. The predicted octanol–water partition coefficient (Wildman–Crippen LogP) is 0.874. The van der Waals surface area contributed by atoms with Gasteiger partial charge in [-0.2, -0.15) is 0 Å². The van der Waals surface area contributed by atoms with Crippen LogP contribution in [0.3, 0.4) is 0 Å². The topological polar surface area (TPSA) is 50.9 Å². The average Bonchev–Trinajstić information content (AvgIpc) is 2.03. The highest BCUT2D eigenvalue weighted by molar-refractivity contribution is 5.85. The first-order chi connectivity index (χ1) is 4.93. The number of nitrogens with zero attached hydrogens (tertiary/aromatic N) is 1. The van der Waals surface area contributed by atoms with Crippen LogP contribution in [0.15, 0.2) is 24.4 Å². The number of pyridine rings is 1. The molecule has 11 heavy (non-hydrogen) atoms. The molecular formula is C7H12ClN3. The van der Waals surface area contributed by atoms with Gasteiger partial charge in [0.2, 0.25) is 0 Å². The summed E-state index contributed by atoms with van der Waals surface area (Å²) in [6.45, 7) is 1.41. The van der Waals surface area contributed by atoms with Crippen LogP contribution in [-0.4, -0.2) is 18.1 Å². The van der Waals surface area contributed by atoms with Crippen LogP contribution in [0.5, 0.6) is 0 Å². The van der Waals surface area contributed by atoms with E-state index in [0.29, 0.717) is 6.54 Å². The number of nitrogens with two attached hydrogens (primary N) is 1. The zero-order valence-corrected chi connectivity index (χ0v) is 6.97. The lowest BCUT2D eigenvalue weighted by atomic mass is 10.4. The van der Waals surface area contributed by atoms with E-state index in [0.717, 1.165) is 12.4 Å². The SMILES string of the molecule is Cl.NCCNc1ccccn1. The predicted molar refractivity (Wildman–Crippen MR) is 49.0 cm³/mol. The smallest absolute Gasteiger partial charge is 0.125 e. The van der Waals surface area contributed by atoms with E-state index >= 15 is 0 Å². The van der Waals surface area contributed by atoms with Crippen molar-refractivity contribution in [2.75, 3.05) is 18.4 Å². The third-order valence-electron chi connectivity index (χ3n) is 1.12. The Morgan fingerprint density at radius 1 is 1.45 bits per heavy atom. The van der Waals surface area contributed by atoms with Crippen molar-refractivity contribution in [1.29, 1.82) is 0 Å². The fourth-order valence-corrected chi connectivity index (χ4v) is 0.668. The van der Waals surface area contributed by atoms with Gasteiger partial charge in [-0.05, 0) is 12.1 Å². The number of anilines is 1. The Morgan fingerprint density at radius 2 is 2.27 bits per heavy atom. The van der Waals surface area contributed by atoms with Crippen molar-refractivity contribution in [3.8, 4) is 0 Å². The third-order valence-corrected chi connectivity index (χ3v) is 1.12. The molecule has 0 aromatic carbocycles. The minimum Gasteiger partial charge on any atom is -0.369 e. The van der Waals surface area contributed by atoms with Gasteiger partial charge >= 0.3 is 0 Å². The van der Waals surface area contributed by atoms with Gasteiger partial charge in [-0.3, -0.25) is 0 Å². The largest absolute Gasteiger partial charge is 0.369 e. The molecule has 1 aromatic rings. The van der Waals surface area contributed by atoms with Gasteiger partial charge in [0, 0.05) is 19.3 Å². The molecule has 0 spiro atoms. The Balaban J connectivity index is 0.000001000. The normalized spacial score (nSPS) is 8.45. The molecule has 0 amide bonds. The molecular weight excluding hydrogens is 162 g/mol. The first-order valence-electron chi connectivity index (χ1n) is 3.28. The van der Waals surface area contributed by atoms with E-state index in [-0.39, 0.29) is 12.4 Å². The second-order valence-corrected chi connectivity index (χ2v) is 1.93. The fraction of sp³-hybridized carbons (Fsp3) is 0.286. The van der Waals surface area contributed by atoms with Gasteiger partial charge < -0.3 is 11.1 Å². The Kier molecular flexibility index (Phi) is 5.51. The van der Waals surface area contributed by atoms with Crippen LogP contribution in [0.4, 0.5) is 5.82 Å². The Morgan fingerprint density at radius 3 is 2.82 bits per heavy atom. The number of nitrogens with one attached hydrogen (secondary N) is 1. The Hall–Kier alpha value is -0.800. The molecule has 0 aliphatic heterocycles. The summed E-state index contributed by atoms with van der Waals surface area (Å²) in [6, 6.07) is 5.73. The highest BCUT2D eigenvalue weighted by Gasteiger charge is 1.85. The van der Waals surface area contributed by atoms with Crippen LogP contribution < -0.4 is 11.1 Å². The number of aromatic nitrogens is 1. The number of rotatable bonds is 3. The lowest BCUT2D eigenvalue weighted by Gasteiger charge is -2.00. The van der Waals surface area contributed by atoms with E-state index in [1.807, 2.05) is 18.2 Å². The van der Waals surface area contributed by atoms with Crippen LogP contribution in [0.25, 0.3) is 0 Å². The number of halogens is 1. The van der Waals surface area contributed by atoms with Crippen molar-refractivity contribution in [2.45, 2.75) is 0 Å². The van der Waals surface area contributed by atoms with Crippen molar-refractivity contribution >= 4 is 18.2 Å². The van der Waals surface area contributed by atoms with Gasteiger partial charge in [-0.25, -0.2) is 4.98 Å². The van der Waals surface area contributed by atoms with Crippen LogP contribution in [-0.2, 0) is 0 Å². The van der Waals surface area contributed by atoms with E-state index in [9.17, 15) is 0 Å². The van der Waals surface area contributed by atoms with Gasteiger partial charge in [-0.1, -0.05) is 6.07 Å². The number of hydrogen-bond acceptors (Lipinski definition) is 3. The van der Waals surface area contributed by atoms with Crippen LogP contribution in [0.2, 0.25) is 0 Å². The van der Waals surface area contributed by atoms with E-state index in [4.69, 9.17) is 5.73 Å². The molecule has 3 nitrogen and oxygen atoms in total. The second-order valence-electron chi connectivity index (χ2n) is 1.93. The number of hydrogen-bond donors (Lipinski definition) is 2. The molecule has 0 fully saturated rings. The first-order valence-corrected chi connectivity index (χ1v) is 3.28. The van der Waals surface area contributed by atoms with Crippen LogP contribution in [0.1, 0.15) is 0 Å². The molecule has 0 saturated carbocycles. The lowest BCUT2D eigenvalue weighted by molar-refractivity contribution is 1.01. The molecule has 1 rings (SSSR count). The third kappa shape index (κ3) is 3.80. The minimum absolute atomic E-state index is 0.